The van der Waals surface area contributed by atoms with Crippen molar-refractivity contribution in [3.63, 3.8) is 0 Å². The summed E-state index contributed by atoms with van der Waals surface area (Å²) in [7, 11) is 1.34. The van der Waals surface area contributed by atoms with Gasteiger partial charge in [0.05, 0.1) is 13.3 Å². The number of rotatable bonds is 9. The van der Waals surface area contributed by atoms with Crippen molar-refractivity contribution >= 4 is 12.1 Å². The van der Waals surface area contributed by atoms with Crippen LogP contribution in [0.5, 0.6) is 11.5 Å². The molecule has 0 spiro atoms. The van der Waals surface area contributed by atoms with Crippen LogP contribution in [0.2, 0.25) is 0 Å². The average molecular weight is 358 g/mol. The summed E-state index contributed by atoms with van der Waals surface area (Å²) >= 11 is 0. The molecular weight excluding hydrogens is 334 g/mol. The summed E-state index contributed by atoms with van der Waals surface area (Å²) in [5.41, 5.74) is 0.551. The van der Waals surface area contributed by atoms with E-state index >= 15 is 0 Å². The first-order valence-electron chi connectivity index (χ1n) is 7.85. The summed E-state index contributed by atoms with van der Waals surface area (Å²) in [6.07, 6.45) is 1.36. The van der Waals surface area contributed by atoms with Crippen molar-refractivity contribution in [3.05, 3.63) is 23.8 Å². The van der Waals surface area contributed by atoms with Gasteiger partial charge in [-0.2, -0.15) is 8.78 Å². The third kappa shape index (κ3) is 6.56. The zero-order valence-corrected chi connectivity index (χ0v) is 15.0. The Morgan fingerprint density at radius 3 is 2.36 bits per heavy atom. The molecule has 1 rings (SSSR count). The van der Waals surface area contributed by atoms with Crippen LogP contribution in [0, 0.1) is 0 Å². The highest BCUT2D eigenvalue weighted by molar-refractivity contribution is 5.81. The van der Waals surface area contributed by atoms with Crippen molar-refractivity contribution in [1.29, 1.82) is 0 Å². The SMILES string of the molecule is COc1cc(/C=N/OCC(=O)N(C(C)C)C(C)C)ccc1OC(F)F. The molecule has 0 heterocycles. The van der Waals surface area contributed by atoms with E-state index in [0.29, 0.717) is 5.56 Å². The minimum atomic E-state index is -2.94. The number of carbonyl (C=O) groups is 1. The molecule has 1 aromatic rings. The second kappa shape index (κ2) is 9.80. The molecule has 140 valence electrons. The Balaban J connectivity index is 2.66. The Bertz CT molecular complexity index is 584. The zero-order valence-electron chi connectivity index (χ0n) is 15.0. The van der Waals surface area contributed by atoms with Gasteiger partial charge in [0.25, 0.3) is 5.91 Å². The fourth-order valence-corrected chi connectivity index (χ4v) is 2.40. The van der Waals surface area contributed by atoms with Gasteiger partial charge in [-0.15, -0.1) is 0 Å². The van der Waals surface area contributed by atoms with Crippen LogP contribution < -0.4 is 9.47 Å². The van der Waals surface area contributed by atoms with Gasteiger partial charge in [0.2, 0.25) is 0 Å². The van der Waals surface area contributed by atoms with Crippen LogP contribution in [-0.4, -0.2) is 49.4 Å². The number of oxime groups is 1. The van der Waals surface area contributed by atoms with Gasteiger partial charge >= 0.3 is 6.61 Å². The molecule has 8 heteroatoms. The predicted octanol–water partition coefficient (Wildman–Crippen LogP) is 3.29. The fraction of sp³-hybridized carbons (Fsp3) is 0.529. The monoisotopic (exact) mass is 358 g/mol. The maximum atomic E-state index is 12.3. The Labute approximate surface area is 146 Å². The summed E-state index contributed by atoms with van der Waals surface area (Å²) in [6.45, 7) is 4.59. The molecule has 0 unspecified atom stereocenters. The van der Waals surface area contributed by atoms with E-state index in [1.54, 1.807) is 4.90 Å². The number of hydrogen-bond acceptors (Lipinski definition) is 5. The molecule has 0 aliphatic heterocycles. The second-order valence-corrected chi connectivity index (χ2v) is 5.79. The Hall–Kier alpha value is -2.38. The van der Waals surface area contributed by atoms with E-state index in [2.05, 4.69) is 9.89 Å². The van der Waals surface area contributed by atoms with E-state index in [4.69, 9.17) is 9.57 Å². The summed E-state index contributed by atoms with van der Waals surface area (Å²) in [6, 6.07) is 4.46. The van der Waals surface area contributed by atoms with E-state index in [1.807, 2.05) is 27.7 Å². The topological polar surface area (TPSA) is 60.4 Å². The molecule has 0 fully saturated rings. The van der Waals surface area contributed by atoms with Crippen molar-refractivity contribution < 1.29 is 27.9 Å². The number of halogens is 2. The van der Waals surface area contributed by atoms with Gasteiger partial charge in [0.15, 0.2) is 18.1 Å². The minimum Gasteiger partial charge on any atom is -0.493 e. The lowest BCUT2D eigenvalue weighted by Crippen LogP contribution is -2.43. The number of ether oxygens (including phenoxy) is 2. The molecular formula is C17H24F2N2O4. The molecule has 0 radical (unpaired) electrons. The maximum Gasteiger partial charge on any atom is 0.387 e. The van der Waals surface area contributed by atoms with Crippen LogP contribution in [0.4, 0.5) is 8.78 Å². The molecule has 6 nitrogen and oxygen atoms in total. The van der Waals surface area contributed by atoms with Crippen LogP contribution in [0.3, 0.4) is 0 Å². The number of hydrogen-bond donors (Lipinski definition) is 0. The van der Waals surface area contributed by atoms with Crippen LogP contribution in [0.15, 0.2) is 23.4 Å². The van der Waals surface area contributed by atoms with Crippen LogP contribution >= 0.6 is 0 Å². The summed E-state index contributed by atoms with van der Waals surface area (Å²) < 4.78 is 33.9. The molecule has 0 atom stereocenters. The number of methoxy groups -OCH3 is 1. The molecule has 1 amide bonds. The summed E-state index contributed by atoms with van der Waals surface area (Å²) in [4.78, 5) is 18.8. The fourth-order valence-electron chi connectivity index (χ4n) is 2.40. The van der Waals surface area contributed by atoms with Gasteiger partial charge < -0.3 is 19.2 Å². The lowest BCUT2D eigenvalue weighted by molar-refractivity contribution is -0.139. The lowest BCUT2D eigenvalue weighted by Gasteiger charge is -2.30. The Morgan fingerprint density at radius 1 is 1.20 bits per heavy atom. The van der Waals surface area contributed by atoms with Crippen molar-refractivity contribution in [2.75, 3.05) is 13.7 Å². The third-order valence-corrected chi connectivity index (χ3v) is 3.27. The van der Waals surface area contributed by atoms with E-state index in [9.17, 15) is 13.6 Å². The molecule has 25 heavy (non-hydrogen) atoms. The van der Waals surface area contributed by atoms with Crippen molar-refractivity contribution in [3.8, 4) is 11.5 Å². The molecule has 0 aliphatic carbocycles. The number of alkyl halides is 2. The number of carbonyl (C=O) groups excluding carboxylic acids is 1. The van der Waals surface area contributed by atoms with Crippen molar-refractivity contribution in [2.24, 2.45) is 5.16 Å². The van der Waals surface area contributed by atoms with Gasteiger partial charge in [-0.25, -0.2) is 0 Å². The van der Waals surface area contributed by atoms with Gasteiger partial charge in [-0.1, -0.05) is 5.16 Å². The van der Waals surface area contributed by atoms with E-state index in [0.717, 1.165) is 0 Å². The molecule has 0 aromatic heterocycles. The van der Waals surface area contributed by atoms with Gasteiger partial charge in [-0.3, -0.25) is 4.79 Å². The number of nitrogens with zero attached hydrogens (tertiary/aromatic N) is 2. The Kier molecular flexibility index (Phi) is 8.10. The van der Waals surface area contributed by atoms with E-state index in [1.165, 1.54) is 31.5 Å². The highest BCUT2D eigenvalue weighted by Crippen LogP contribution is 2.28. The normalized spacial score (nSPS) is 11.4. The quantitative estimate of drug-likeness (QED) is 0.502. The van der Waals surface area contributed by atoms with Crippen LogP contribution in [0.25, 0.3) is 0 Å². The predicted molar refractivity (Wildman–Crippen MR) is 90.3 cm³/mol. The van der Waals surface area contributed by atoms with Gasteiger partial charge in [-0.05, 0) is 45.9 Å². The first-order valence-corrected chi connectivity index (χ1v) is 7.85. The van der Waals surface area contributed by atoms with Crippen molar-refractivity contribution in [2.45, 2.75) is 46.4 Å². The lowest BCUT2D eigenvalue weighted by atomic mass is 10.2. The standard InChI is InChI=1S/C17H24F2N2O4/c1-11(2)21(12(3)4)16(22)10-24-20-9-13-6-7-14(25-17(18)19)15(8-13)23-5/h6-9,11-12,17H,10H2,1-5H3/b20-9+. The first-order chi connectivity index (χ1) is 11.8. The zero-order chi connectivity index (χ0) is 19.0. The highest BCUT2D eigenvalue weighted by atomic mass is 19.3. The maximum absolute atomic E-state index is 12.3. The first kappa shape index (κ1) is 20.7. The smallest absolute Gasteiger partial charge is 0.387 e. The minimum absolute atomic E-state index is 0.0618. The highest BCUT2D eigenvalue weighted by Gasteiger charge is 2.20. The van der Waals surface area contributed by atoms with E-state index in [-0.39, 0.29) is 36.1 Å². The van der Waals surface area contributed by atoms with Gasteiger partial charge in [0, 0.05) is 17.6 Å². The average Bonchev–Trinajstić information content (AvgIpc) is 2.51. The Morgan fingerprint density at radius 2 is 1.84 bits per heavy atom. The largest absolute Gasteiger partial charge is 0.493 e. The third-order valence-electron chi connectivity index (χ3n) is 3.27. The van der Waals surface area contributed by atoms with Crippen LogP contribution in [-0.2, 0) is 9.63 Å². The molecule has 0 saturated carbocycles. The molecule has 0 N–H and O–H groups in total. The van der Waals surface area contributed by atoms with E-state index < -0.39 is 6.61 Å². The summed E-state index contributed by atoms with van der Waals surface area (Å²) in [5, 5.41) is 3.73. The molecule has 0 bridgehead atoms. The van der Waals surface area contributed by atoms with Crippen molar-refractivity contribution in [1.82, 2.24) is 4.90 Å². The molecule has 0 saturated heterocycles. The number of amides is 1. The van der Waals surface area contributed by atoms with Crippen LogP contribution in [0.1, 0.15) is 33.3 Å². The second-order valence-electron chi connectivity index (χ2n) is 5.79. The van der Waals surface area contributed by atoms with Gasteiger partial charge in [0.1, 0.15) is 0 Å². The summed E-state index contributed by atoms with van der Waals surface area (Å²) in [5.74, 6) is -0.0956. The number of benzene rings is 1. The molecule has 0 aliphatic rings. The molecule has 1 aromatic carbocycles.